The highest BCUT2D eigenvalue weighted by Gasteiger charge is 2.22. The van der Waals surface area contributed by atoms with Crippen LogP contribution in [0, 0.1) is 11.3 Å². The predicted molar refractivity (Wildman–Crippen MR) is 166 cm³/mol. The minimum atomic E-state index is 0.436. The zero-order valence-electron chi connectivity index (χ0n) is 23.4. The highest BCUT2D eigenvalue weighted by Crippen LogP contribution is 2.39. The number of ether oxygens (including phenoxy) is 1. The second kappa shape index (κ2) is 12.3. The molecule has 3 aromatic heterocycles. The van der Waals surface area contributed by atoms with Crippen LogP contribution in [0.3, 0.4) is 0 Å². The molecule has 0 radical (unpaired) electrons. The highest BCUT2D eigenvalue weighted by molar-refractivity contribution is 7.99. The predicted octanol–water partition coefficient (Wildman–Crippen LogP) is 5.42. The summed E-state index contributed by atoms with van der Waals surface area (Å²) in [6.45, 7) is 5.59. The number of nitrogens with zero attached hydrogens (tertiary/aromatic N) is 8. The van der Waals surface area contributed by atoms with Crippen molar-refractivity contribution >= 4 is 51.3 Å². The van der Waals surface area contributed by atoms with E-state index in [1.807, 2.05) is 60.8 Å². The third-order valence-corrected chi connectivity index (χ3v) is 8.99. The molecule has 1 aliphatic rings. The number of piperazine rings is 1. The van der Waals surface area contributed by atoms with Gasteiger partial charge in [-0.1, -0.05) is 23.4 Å². The minimum absolute atomic E-state index is 0.436. The first-order chi connectivity index (χ1) is 20.5. The van der Waals surface area contributed by atoms with Gasteiger partial charge in [0.15, 0.2) is 5.16 Å². The number of imidazole rings is 2. The number of rotatable bonds is 9. The first-order valence-electron chi connectivity index (χ1n) is 13.6. The van der Waals surface area contributed by atoms with Crippen LogP contribution in [0.2, 0.25) is 5.02 Å². The van der Waals surface area contributed by atoms with Crippen LogP contribution in [0.15, 0.2) is 77.7 Å². The summed E-state index contributed by atoms with van der Waals surface area (Å²) in [7, 11) is 3.62. The minimum Gasteiger partial charge on any atom is -0.495 e. The summed E-state index contributed by atoms with van der Waals surface area (Å²) in [4.78, 5) is 18.8. The Kier molecular flexibility index (Phi) is 8.19. The Morgan fingerprint density at radius 1 is 1.07 bits per heavy atom. The second-order valence-electron chi connectivity index (χ2n) is 10.0. The summed E-state index contributed by atoms with van der Waals surface area (Å²) in [5, 5.41) is 15.6. The van der Waals surface area contributed by atoms with E-state index in [-0.39, 0.29) is 0 Å². The zero-order chi connectivity index (χ0) is 29.1. The Bertz CT molecular complexity index is 1740. The molecule has 1 aliphatic heterocycles. The quantitative estimate of drug-likeness (QED) is 0.238. The van der Waals surface area contributed by atoms with Gasteiger partial charge in [0.1, 0.15) is 11.8 Å². The molecule has 1 fully saturated rings. The van der Waals surface area contributed by atoms with Crippen LogP contribution in [0.5, 0.6) is 5.75 Å². The van der Waals surface area contributed by atoms with E-state index in [1.54, 1.807) is 19.5 Å². The molecule has 0 aliphatic carbocycles. The van der Waals surface area contributed by atoms with Gasteiger partial charge in [-0.3, -0.25) is 9.88 Å². The van der Waals surface area contributed by atoms with Crippen LogP contribution in [-0.2, 0) is 13.6 Å². The number of nitrogens with one attached hydrogen (secondary N) is 1. The van der Waals surface area contributed by atoms with Crippen molar-refractivity contribution < 1.29 is 4.74 Å². The van der Waals surface area contributed by atoms with Gasteiger partial charge in [-0.15, -0.1) is 0 Å². The fourth-order valence-corrected chi connectivity index (χ4v) is 6.18. The summed E-state index contributed by atoms with van der Waals surface area (Å²) < 4.78 is 9.92. The fraction of sp³-hybridized carbons (Fsp3) is 0.267. The van der Waals surface area contributed by atoms with E-state index in [1.165, 1.54) is 11.8 Å². The number of methoxy groups -OCH3 is 1. The average molecular weight is 600 g/mol. The first kappa shape index (κ1) is 27.9. The molecule has 0 bridgehead atoms. The molecule has 0 atom stereocenters. The topological polar surface area (TPSA) is 100 Å². The lowest BCUT2D eigenvalue weighted by molar-refractivity contribution is 0.247. The zero-order valence-corrected chi connectivity index (χ0v) is 24.9. The van der Waals surface area contributed by atoms with Gasteiger partial charge >= 0.3 is 0 Å². The Morgan fingerprint density at radius 2 is 1.93 bits per heavy atom. The molecule has 10 nitrogen and oxygen atoms in total. The molecule has 0 amide bonds. The molecule has 2 aromatic carbocycles. The lowest BCUT2D eigenvalue weighted by atomic mass is 10.1. The molecule has 1 saturated heterocycles. The number of halogens is 1. The van der Waals surface area contributed by atoms with Gasteiger partial charge in [0, 0.05) is 93.3 Å². The fourth-order valence-electron chi connectivity index (χ4n) is 5.08. The standard InChI is InChI=1S/C30H30ClN9OS/c1-37-7-6-34-30(37)42-28-4-3-22(15-24(28)31)36-29-21(18-32)19-35-25-17-26(27(41-2)16-23(25)29)40-13-11-38(12-14-40)9-10-39-8-5-33-20-39/h3-8,15-17,19-20H,9-14H2,1-2H3,(H,35,36). The van der Waals surface area contributed by atoms with Crippen LogP contribution in [0.25, 0.3) is 10.9 Å². The van der Waals surface area contributed by atoms with Gasteiger partial charge in [-0.2, -0.15) is 5.26 Å². The van der Waals surface area contributed by atoms with Gasteiger partial charge in [0.05, 0.1) is 40.9 Å². The molecule has 6 rings (SSSR count). The van der Waals surface area contributed by atoms with Gasteiger partial charge in [-0.25, -0.2) is 9.97 Å². The number of hydrogen-bond acceptors (Lipinski definition) is 9. The van der Waals surface area contributed by atoms with Crippen molar-refractivity contribution in [2.45, 2.75) is 16.6 Å². The number of fused-ring (bicyclic) bond motifs is 1. The number of aryl methyl sites for hydroxylation is 1. The molecule has 42 heavy (non-hydrogen) atoms. The molecule has 214 valence electrons. The van der Waals surface area contributed by atoms with Crippen LogP contribution >= 0.6 is 23.4 Å². The molecule has 4 heterocycles. The molecule has 0 saturated carbocycles. The summed E-state index contributed by atoms with van der Waals surface area (Å²) in [6.07, 6.45) is 10.9. The first-order valence-corrected chi connectivity index (χ1v) is 14.8. The largest absolute Gasteiger partial charge is 0.495 e. The summed E-state index contributed by atoms with van der Waals surface area (Å²) >= 11 is 8.16. The van der Waals surface area contributed by atoms with E-state index < -0.39 is 0 Å². The Morgan fingerprint density at radius 3 is 2.62 bits per heavy atom. The van der Waals surface area contributed by atoms with Crippen molar-refractivity contribution in [1.82, 2.24) is 29.0 Å². The smallest absolute Gasteiger partial charge is 0.172 e. The van der Waals surface area contributed by atoms with Crippen molar-refractivity contribution in [2.24, 2.45) is 7.05 Å². The lowest BCUT2D eigenvalue weighted by Crippen LogP contribution is -2.47. The molecule has 0 spiro atoms. The monoisotopic (exact) mass is 599 g/mol. The van der Waals surface area contributed by atoms with Gasteiger partial charge in [-0.05, 0) is 30.3 Å². The Hall–Kier alpha value is -4.24. The molecule has 0 unspecified atom stereocenters. The normalized spacial score (nSPS) is 13.8. The third kappa shape index (κ3) is 5.87. The Balaban J connectivity index is 1.23. The maximum absolute atomic E-state index is 9.92. The summed E-state index contributed by atoms with van der Waals surface area (Å²) in [5.74, 6) is 0.745. The second-order valence-corrected chi connectivity index (χ2v) is 11.4. The van der Waals surface area contributed by atoms with Crippen LogP contribution < -0.4 is 15.0 Å². The van der Waals surface area contributed by atoms with E-state index >= 15 is 0 Å². The molecular weight excluding hydrogens is 570 g/mol. The van der Waals surface area contributed by atoms with Crippen molar-refractivity contribution in [1.29, 1.82) is 5.26 Å². The number of pyridine rings is 1. The van der Waals surface area contributed by atoms with Crippen LogP contribution in [0.1, 0.15) is 5.56 Å². The summed E-state index contributed by atoms with van der Waals surface area (Å²) in [6, 6.07) is 12.1. The summed E-state index contributed by atoms with van der Waals surface area (Å²) in [5.41, 5.74) is 3.65. The van der Waals surface area contributed by atoms with Crippen molar-refractivity contribution in [3.63, 3.8) is 0 Å². The number of hydrogen-bond donors (Lipinski definition) is 1. The number of aromatic nitrogens is 5. The van der Waals surface area contributed by atoms with Crippen LogP contribution in [-0.4, -0.2) is 68.8 Å². The third-order valence-electron chi connectivity index (χ3n) is 7.42. The lowest BCUT2D eigenvalue weighted by Gasteiger charge is -2.36. The van der Waals surface area contributed by atoms with E-state index in [9.17, 15) is 5.26 Å². The van der Waals surface area contributed by atoms with Crippen molar-refractivity contribution in [2.75, 3.05) is 50.1 Å². The van der Waals surface area contributed by atoms with E-state index in [4.69, 9.17) is 16.3 Å². The average Bonchev–Trinajstić information content (AvgIpc) is 3.69. The van der Waals surface area contributed by atoms with Gasteiger partial charge in [0.25, 0.3) is 0 Å². The van der Waals surface area contributed by atoms with E-state index in [0.717, 1.165) is 77.3 Å². The van der Waals surface area contributed by atoms with Crippen LogP contribution in [0.4, 0.5) is 17.1 Å². The van der Waals surface area contributed by atoms with Crippen molar-refractivity contribution in [3.05, 3.63) is 78.2 Å². The molecule has 5 aromatic rings. The molecule has 12 heteroatoms. The highest BCUT2D eigenvalue weighted by atomic mass is 35.5. The number of nitriles is 1. The van der Waals surface area contributed by atoms with Gasteiger partial charge in [0.2, 0.25) is 0 Å². The molecular formula is C30H30ClN9OS. The SMILES string of the molecule is COc1cc2c(Nc3ccc(Sc4nccn4C)c(Cl)c3)c(C#N)cnc2cc1N1CCN(CCn2ccnc2)CC1. The van der Waals surface area contributed by atoms with E-state index in [2.05, 4.69) is 46.8 Å². The maximum Gasteiger partial charge on any atom is 0.172 e. The van der Waals surface area contributed by atoms with Crippen molar-refractivity contribution in [3.8, 4) is 11.8 Å². The number of anilines is 3. The molecule has 1 N–H and O–H groups in total. The van der Waals surface area contributed by atoms with E-state index in [0.29, 0.717) is 16.3 Å². The number of benzene rings is 2. The maximum atomic E-state index is 9.92. The Labute approximate surface area is 253 Å². The van der Waals surface area contributed by atoms with Gasteiger partial charge < -0.3 is 24.1 Å².